The molecule has 0 saturated heterocycles. The summed E-state index contributed by atoms with van der Waals surface area (Å²) in [6, 6.07) is 12.0. The van der Waals surface area contributed by atoms with E-state index in [4.69, 9.17) is 21.1 Å². The molecule has 2 N–H and O–H groups in total. The van der Waals surface area contributed by atoms with Crippen molar-refractivity contribution >= 4 is 23.3 Å². The molecule has 2 aromatic rings. The van der Waals surface area contributed by atoms with Gasteiger partial charge in [-0.15, -0.1) is 0 Å². The lowest BCUT2D eigenvalue weighted by molar-refractivity contribution is 0.252. The van der Waals surface area contributed by atoms with Gasteiger partial charge in [-0.1, -0.05) is 24.6 Å². The van der Waals surface area contributed by atoms with E-state index < -0.39 is 0 Å². The molecule has 23 heavy (non-hydrogen) atoms. The van der Waals surface area contributed by atoms with Gasteiger partial charge in [0.25, 0.3) is 0 Å². The summed E-state index contributed by atoms with van der Waals surface area (Å²) in [7, 11) is 1.59. The minimum Gasteiger partial charge on any atom is -0.497 e. The zero-order valence-corrected chi connectivity index (χ0v) is 13.8. The molecular formula is C17H19ClN2O3. The van der Waals surface area contributed by atoms with Crippen molar-refractivity contribution in [2.45, 2.75) is 13.3 Å². The van der Waals surface area contributed by atoms with Gasteiger partial charge < -0.3 is 20.1 Å². The Morgan fingerprint density at radius 2 is 1.96 bits per heavy atom. The maximum Gasteiger partial charge on any atom is 0.319 e. The highest BCUT2D eigenvalue weighted by molar-refractivity contribution is 6.31. The molecule has 0 fully saturated rings. The highest BCUT2D eigenvalue weighted by atomic mass is 35.5. The molecule has 5 nitrogen and oxygen atoms in total. The van der Waals surface area contributed by atoms with E-state index in [9.17, 15) is 4.79 Å². The predicted octanol–water partition coefficient (Wildman–Crippen LogP) is 4.67. The van der Waals surface area contributed by atoms with Crippen LogP contribution in [0, 0.1) is 0 Å². The van der Waals surface area contributed by atoms with E-state index in [1.54, 1.807) is 37.4 Å². The van der Waals surface area contributed by atoms with Crippen LogP contribution < -0.4 is 20.1 Å². The number of carbonyl (C=O) groups is 1. The second-order valence-corrected chi connectivity index (χ2v) is 5.24. The number of benzene rings is 2. The normalized spacial score (nSPS) is 10.0. The van der Waals surface area contributed by atoms with Gasteiger partial charge in [-0.25, -0.2) is 4.79 Å². The van der Waals surface area contributed by atoms with E-state index >= 15 is 0 Å². The number of rotatable bonds is 6. The van der Waals surface area contributed by atoms with Gasteiger partial charge in [0.1, 0.15) is 11.5 Å². The van der Waals surface area contributed by atoms with Gasteiger partial charge in [0.2, 0.25) is 0 Å². The van der Waals surface area contributed by atoms with Crippen LogP contribution in [0.1, 0.15) is 13.3 Å². The molecule has 0 atom stereocenters. The molecule has 122 valence electrons. The van der Waals surface area contributed by atoms with Crippen LogP contribution in [0.4, 0.5) is 10.5 Å². The van der Waals surface area contributed by atoms with Gasteiger partial charge in [-0.2, -0.15) is 0 Å². The van der Waals surface area contributed by atoms with Crippen molar-refractivity contribution in [3.63, 3.8) is 0 Å². The third-order valence-electron chi connectivity index (χ3n) is 2.99. The van der Waals surface area contributed by atoms with Crippen LogP contribution >= 0.6 is 11.6 Å². The van der Waals surface area contributed by atoms with Crippen LogP contribution in [0.2, 0.25) is 5.02 Å². The first-order chi connectivity index (χ1) is 11.1. The number of amides is 2. The Hall–Kier alpha value is -2.40. The smallest absolute Gasteiger partial charge is 0.319 e. The Morgan fingerprint density at radius 3 is 2.70 bits per heavy atom. The Bertz CT molecular complexity index is 677. The predicted molar refractivity (Wildman–Crippen MR) is 91.8 cm³/mol. The van der Waals surface area contributed by atoms with Gasteiger partial charge in [0.15, 0.2) is 5.75 Å². The average Bonchev–Trinajstić information content (AvgIpc) is 2.55. The molecule has 0 unspecified atom stereocenters. The summed E-state index contributed by atoms with van der Waals surface area (Å²) < 4.78 is 11.0. The van der Waals surface area contributed by atoms with Gasteiger partial charge in [-0.05, 0) is 36.8 Å². The van der Waals surface area contributed by atoms with Crippen LogP contribution in [0.25, 0.3) is 0 Å². The van der Waals surface area contributed by atoms with Crippen molar-refractivity contribution in [2.75, 3.05) is 19.0 Å². The van der Waals surface area contributed by atoms with Gasteiger partial charge in [0.05, 0.1) is 12.8 Å². The second kappa shape index (κ2) is 8.29. The Morgan fingerprint density at radius 1 is 1.17 bits per heavy atom. The summed E-state index contributed by atoms with van der Waals surface area (Å²) in [5.41, 5.74) is 0.494. The van der Waals surface area contributed by atoms with E-state index in [2.05, 4.69) is 10.6 Å². The fourth-order valence-electron chi connectivity index (χ4n) is 1.89. The first kappa shape index (κ1) is 17.0. The minimum atomic E-state index is -0.301. The highest BCUT2D eigenvalue weighted by Crippen LogP contribution is 2.33. The van der Waals surface area contributed by atoms with Crippen LogP contribution in [0.3, 0.4) is 0 Å². The lowest BCUT2D eigenvalue weighted by Crippen LogP contribution is -2.29. The molecule has 0 radical (unpaired) electrons. The van der Waals surface area contributed by atoms with Gasteiger partial charge in [-0.3, -0.25) is 0 Å². The number of methoxy groups -OCH3 is 1. The molecule has 2 amide bonds. The molecule has 0 aliphatic heterocycles. The van der Waals surface area contributed by atoms with Crippen molar-refractivity contribution in [1.82, 2.24) is 5.32 Å². The molecule has 2 aromatic carbocycles. The molecular weight excluding hydrogens is 316 g/mol. The van der Waals surface area contributed by atoms with Crippen LogP contribution in [-0.2, 0) is 0 Å². The summed E-state index contributed by atoms with van der Waals surface area (Å²) in [4.78, 5) is 11.8. The van der Waals surface area contributed by atoms with Crippen LogP contribution in [0.15, 0.2) is 42.5 Å². The third-order valence-corrected chi connectivity index (χ3v) is 3.23. The maximum atomic E-state index is 11.8. The number of hydrogen-bond acceptors (Lipinski definition) is 3. The molecule has 2 rings (SSSR count). The van der Waals surface area contributed by atoms with E-state index in [0.29, 0.717) is 34.5 Å². The molecule has 6 heteroatoms. The largest absolute Gasteiger partial charge is 0.497 e. The second-order valence-electron chi connectivity index (χ2n) is 4.80. The van der Waals surface area contributed by atoms with Crippen LogP contribution in [0.5, 0.6) is 17.2 Å². The lowest BCUT2D eigenvalue weighted by atomic mass is 10.2. The Balaban J connectivity index is 2.19. The number of urea groups is 1. The molecule has 0 aliphatic rings. The summed E-state index contributed by atoms with van der Waals surface area (Å²) in [5.74, 6) is 1.78. The molecule has 0 aliphatic carbocycles. The maximum absolute atomic E-state index is 11.8. The molecule has 0 heterocycles. The molecule has 0 spiro atoms. The summed E-state index contributed by atoms with van der Waals surface area (Å²) in [6.07, 6.45) is 0.857. The highest BCUT2D eigenvalue weighted by Gasteiger charge is 2.10. The van der Waals surface area contributed by atoms with Crippen molar-refractivity contribution in [2.24, 2.45) is 0 Å². The van der Waals surface area contributed by atoms with Gasteiger partial charge in [0, 0.05) is 17.6 Å². The Labute approximate surface area is 140 Å². The molecule has 0 bridgehead atoms. The van der Waals surface area contributed by atoms with Crippen molar-refractivity contribution < 1.29 is 14.3 Å². The zero-order valence-electron chi connectivity index (χ0n) is 13.1. The number of halogens is 1. The average molecular weight is 335 g/mol. The van der Waals surface area contributed by atoms with E-state index in [1.807, 2.05) is 19.1 Å². The summed E-state index contributed by atoms with van der Waals surface area (Å²) >= 11 is 6.01. The van der Waals surface area contributed by atoms with E-state index in [1.165, 1.54) is 0 Å². The van der Waals surface area contributed by atoms with E-state index in [0.717, 1.165) is 6.42 Å². The first-order valence-electron chi connectivity index (χ1n) is 7.28. The quantitative estimate of drug-likeness (QED) is 0.806. The zero-order chi connectivity index (χ0) is 16.7. The Kier molecular flexibility index (Phi) is 6.11. The summed E-state index contributed by atoms with van der Waals surface area (Å²) in [6.45, 7) is 2.58. The number of anilines is 1. The number of hydrogen-bond donors (Lipinski definition) is 2. The number of nitrogens with one attached hydrogen (secondary N) is 2. The molecule has 0 saturated carbocycles. The monoisotopic (exact) mass is 334 g/mol. The fraction of sp³-hybridized carbons (Fsp3) is 0.235. The molecule has 0 aromatic heterocycles. The standard InChI is InChI=1S/C17H19ClN2O3/c1-3-9-19-17(21)20-15-10-12(18)7-8-16(15)23-14-6-4-5-13(11-14)22-2/h4-8,10-11H,3,9H2,1-2H3,(H2,19,20,21). The number of carbonyl (C=O) groups excluding carboxylic acids is 1. The topological polar surface area (TPSA) is 59.6 Å². The lowest BCUT2D eigenvalue weighted by Gasteiger charge is -2.13. The van der Waals surface area contributed by atoms with Crippen LogP contribution in [-0.4, -0.2) is 19.7 Å². The minimum absolute atomic E-state index is 0.301. The fourth-order valence-corrected chi connectivity index (χ4v) is 2.06. The first-order valence-corrected chi connectivity index (χ1v) is 7.66. The van der Waals surface area contributed by atoms with Crippen molar-refractivity contribution in [1.29, 1.82) is 0 Å². The van der Waals surface area contributed by atoms with Crippen molar-refractivity contribution in [3.05, 3.63) is 47.5 Å². The number of ether oxygens (including phenoxy) is 2. The SMILES string of the molecule is CCCNC(=O)Nc1cc(Cl)ccc1Oc1cccc(OC)c1. The van der Waals surface area contributed by atoms with Gasteiger partial charge >= 0.3 is 6.03 Å². The summed E-state index contributed by atoms with van der Waals surface area (Å²) in [5, 5.41) is 5.99. The van der Waals surface area contributed by atoms with E-state index in [-0.39, 0.29) is 6.03 Å². The van der Waals surface area contributed by atoms with Crippen molar-refractivity contribution in [3.8, 4) is 17.2 Å². The third kappa shape index (κ3) is 5.07.